The molecule has 131 heavy (non-hydrogen) atoms. The average molecular weight is 1800 g/mol. The maximum Gasteiger partial charge on any atom is 0.262 e. The summed E-state index contributed by atoms with van der Waals surface area (Å²) in [7, 11) is 0.570. The molecule has 0 radical (unpaired) electrons. The number of carbonyl (C=O) groups is 10. The topological polar surface area (TPSA) is 366 Å². The molecule has 0 saturated carbocycles. The molecule has 10 aromatic carbocycles. The van der Waals surface area contributed by atoms with Crippen LogP contribution in [0.15, 0.2) is 168 Å². The largest absolute Gasteiger partial charge is 0.494 e. The van der Waals surface area contributed by atoms with Crippen molar-refractivity contribution in [2.45, 2.75) is 153 Å². The van der Waals surface area contributed by atoms with Gasteiger partial charge in [-0.15, -0.1) is 23.0 Å². The number of aryl methyl sites for hydroxylation is 6. The third-order valence-corrected chi connectivity index (χ3v) is 28.1. The highest BCUT2D eigenvalue weighted by atomic mass is 32.2. The van der Waals surface area contributed by atoms with Gasteiger partial charge in [-0.2, -0.15) is 8.61 Å². The summed E-state index contributed by atoms with van der Waals surface area (Å²) in [6.45, 7) is 15.5. The number of Topliss-reactive ketones (excluding diaryl/α,β-unsaturated/α-hetero) is 2. The van der Waals surface area contributed by atoms with Gasteiger partial charge in [-0.05, 0) is 220 Å². The number of hydrogen-bond donors (Lipinski definition) is 1. The van der Waals surface area contributed by atoms with Crippen LogP contribution >= 0.6 is 0 Å². The molecule has 2 aromatic heterocycles. The van der Waals surface area contributed by atoms with Gasteiger partial charge in [0.1, 0.15) is 90.7 Å². The Balaban J connectivity index is 0.000000137. The molecule has 8 amide bonds. The van der Waals surface area contributed by atoms with E-state index in [4.69, 9.17) is 31.8 Å². The zero-order chi connectivity index (χ0) is 93.8. The Kier molecular flexibility index (Phi) is 25.5. The maximum atomic E-state index is 13.8. The monoisotopic (exact) mass is 1800 g/mol. The molecule has 670 valence electrons. The van der Waals surface area contributed by atoms with Crippen LogP contribution in [0.25, 0.3) is 43.6 Å². The van der Waals surface area contributed by atoms with E-state index in [1.807, 2.05) is 102 Å². The Labute approximate surface area is 756 Å². The van der Waals surface area contributed by atoms with Gasteiger partial charge in [-0.3, -0.25) is 68.0 Å². The molecule has 0 aliphatic carbocycles. The summed E-state index contributed by atoms with van der Waals surface area (Å²) in [5, 5.41) is 21.5. The van der Waals surface area contributed by atoms with Gasteiger partial charge in [0, 0.05) is 116 Å². The lowest BCUT2D eigenvalue weighted by molar-refractivity contribution is -0.150. The lowest BCUT2D eigenvalue weighted by atomic mass is 9.85. The zero-order valence-electron chi connectivity index (χ0n) is 74.3. The normalized spacial score (nSPS) is 18.5. The van der Waals surface area contributed by atoms with Gasteiger partial charge in [0.25, 0.3) is 29.5 Å². The highest BCUT2D eigenvalue weighted by molar-refractivity contribution is 7.89. The van der Waals surface area contributed by atoms with Gasteiger partial charge < -0.3 is 18.9 Å². The van der Waals surface area contributed by atoms with Crippen molar-refractivity contribution in [2.24, 2.45) is 14.1 Å². The number of hydrogen-bond acceptors (Lipinski definition) is 22. The van der Waals surface area contributed by atoms with Gasteiger partial charge in [-0.25, -0.2) is 26.2 Å². The van der Waals surface area contributed by atoms with Crippen LogP contribution in [-0.4, -0.2) is 188 Å². The summed E-state index contributed by atoms with van der Waals surface area (Å²) in [5.41, 5.74) is 14.4. The first-order valence-corrected chi connectivity index (χ1v) is 45.2. The Morgan fingerprint density at radius 1 is 0.511 bits per heavy atom. The minimum Gasteiger partial charge on any atom is -0.494 e. The summed E-state index contributed by atoms with van der Waals surface area (Å²) in [4.78, 5) is 128. The second-order valence-electron chi connectivity index (χ2n) is 33.7. The molecule has 1 N–H and O–H groups in total. The number of terminal acetylenes is 2. The van der Waals surface area contributed by atoms with Crippen molar-refractivity contribution in [3.63, 3.8) is 0 Å². The Hall–Kier alpha value is -14.4. The SMILES string of the molecule is C#Cc1cc2c3c(cccc3c1)C(=O)N(C1CCC(=O)N(C)C1=O)C2=O.C#Cc1cc2c3c(cccc3c1)C(=O)N(C1CCC(=O)NC1=O)C2=O.COc1cc([C@@H](CC(C)=O)c2ccc(C)c(CN3C[C@@H](C)Oc4cc(C)ccc4S3(=O)=O)c2)cc2nnn(C)c12.COc1cc([C@@H](CC(C)=O)c2ccc(C)c(CN3C[C@@H](C)Oc4cc(C)ccc4S3(=O)=O)c2)cc2nnn(C)c12. The molecule has 12 aromatic rings. The van der Waals surface area contributed by atoms with Crippen molar-refractivity contribution < 1.29 is 83.7 Å². The number of likely N-dealkylation sites (N-methyl/N-ethyl adjacent to an activating group) is 1. The van der Waals surface area contributed by atoms with Crippen molar-refractivity contribution in [3.05, 3.63) is 247 Å². The highest BCUT2D eigenvalue weighted by Crippen LogP contribution is 2.43. The van der Waals surface area contributed by atoms with Crippen molar-refractivity contribution in [3.8, 4) is 47.7 Å². The van der Waals surface area contributed by atoms with Crippen LogP contribution < -0.4 is 24.3 Å². The van der Waals surface area contributed by atoms with E-state index in [0.717, 1.165) is 81.4 Å². The highest BCUT2D eigenvalue weighted by Gasteiger charge is 2.47. The number of carbonyl (C=O) groups excluding carboxylic acids is 10. The number of methoxy groups -OCH3 is 2. The van der Waals surface area contributed by atoms with Crippen LogP contribution in [0.2, 0.25) is 0 Å². The van der Waals surface area contributed by atoms with Crippen molar-refractivity contribution >= 4 is 122 Å². The molecule has 6 atom stereocenters. The van der Waals surface area contributed by atoms with Crippen LogP contribution in [0, 0.1) is 52.4 Å². The molecule has 0 bridgehead atoms. The van der Waals surface area contributed by atoms with E-state index in [1.54, 1.807) is 149 Å². The van der Waals surface area contributed by atoms with Crippen LogP contribution in [0.5, 0.6) is 23.0 Å². The van der Waals surface area contributed by atoms with Gasteiger partial charge in [0.2, 0.25) is 37.8 Å². The number of aromatic nitrogens is 6. The fourth-order valence-electron chi connectivity index (χ4n) is 17.8. The van der Waals surface area contributed by atoms with Crippen molar-refractivity contribution in [1.29, 1.82) is 0 Å². The number of nitrogens with one attached hydrogen (secondary N) is 1. The molecule has 32 heteroatoms. The van der Waals surface area contributed by atoms with Crippen LogP contribution in [0.4, 0.5) is 0 Å². The van der Waals surface area contributed by atoms with Crippen LogP contribution in [-0.2, 0) is 76.0 Å². The van der Waals surface area contributed by atoms with E-state index >= 15 is 0 Å². The minimum absolute atomic E-state index is 0.0401. The number of rotatable bonds is 16. The maximum absolute atomic E-state index is 13.8. The fourth-order valence-corrected chi connectivity index (χ4v) is 21.0. The van der Waals surface area contributed by atoms with Gasteiger partial charge >= 0.3 is 0 Å². The predicted molar refractivity (Wildman–Crippen MR) is 486 cm³/mol. The van der Waals surface area contributed by atoms with Gasteiger partial charge in [0.15, 0.2) is 0 Å². The molecule has 6 aliphatic heterocycles. The Morgan fingerprint density at radius 3 is 1.34 bits per heavy atom. The second kappa shape index (κ2) is 36.6. The fraction of sp³-hybridized carbons (Fsp3) is 0.293. The summed E-state index contributed by atoms with van der Waals surface area (Å²) >= 11 is 0. The van der Waals surface area contributed by atoms with E-state index in [-0.39, 0.29) is 116 Å². The summed E-state index contributed by atoms with van der Waals surface area (Å²) in [5.74, 6) is 2.46. The van der Waals surface area contributed by atoms with Crippen molar-refractivity contribution in [2.75, 3.05) is 34.4 Å². The van der Waals surface area contributed by atoms with Crippen LogP contribution in [0.1, 0.15) is 186 Å². The third-order valence-electron chi connectivity index (χ3n) is 24.4. The number of ketones is 2. The first-order chi connectivity index (χ1) is 62.4. The standard InChI is InChI=1S/2C30H34N4O5S.C20H14N2O4.C19H12N2O4/c2*1-18-7-10-29-27(11-18)39-21(4)16-34(40(29,36)37)17-24-13-22(9-8-19(24)2)25(12-20(3)35)23-14-26-30(28(15-23)38-6)33(5)32-31-26;1-3-11-9-12-5-4-6-13-17(12)14(10-11)19(25)22(18(13)24)15-7-8-16(23)21(2)20(15)26;1-2-10-8-11-4-3-5-12-16(11)13(9-10)19(25)21(18(12)24)14-6-7-15(22)20-17(14)23/h2*7-11,13-15,21,25H,12,16-17H2,1-6H3;1,4-6,9-10,15H,7-8H2,2H3;1,3-5,8-9,14H,6-7H2,(H,20,22,23)/t2*21-,25+;;/m11../s1. The van der Waals surface area contributed by atoms with Gasteiger partial charge in [0.05, 0.1) is 27.3 Å². The van der Waals surface area contributed by atoms with E-state index in [0.29, 0.717) is 89.0 Å². The number of ether oxygens (including phenoxy) is 4. The van der Waals surface area contributed by atoms with E-state index in [2.05, 4.69) is 37.8 Å². The molecule has 2 unspecified atom stereocenters. The first kappa shape index (κ1) is 91.3. The number of imide groups is 4. The first-order valence-electron chi connectivity index (χ1n) is 42.3. The molecular formula is C99H94N12O18S2. The zero-order valence-corrected chi connectivity index (χ0v) is 75.9. The Morgan fingerprint density at radius 2 is 0.931 bits per heavy atom. The number of nitrogens with zero attached hydrogens (tertiary/aromatic N) is 11. The van der Waals surface area contributed by atoms with Crippen LogP contribution in [0.3, 0.4) is 0 Å². The molecule has 18 rings (SSSR count). The van der Waals surface area contributed by atoms with Gasteiger partial charge in [-0.1, -0.05) is 95.1 Å². The number of fused-ring (bicyclic) bond motifs is 4. The number of sulfonamides is 2. The number of likely N-dealkylation sites (tertiary alicyclic amines) is 1. The number of benzene rings is 10. The molecule has 0 spiro atoms. The summed E-state index contributed by atoms with van der Waals surface area (Å²) in [6.07, 6.45) is 11.3. The quantitative estimate of drug-likeness (QED) is 0.0693. The molecule has 30 nitrogen and oxygen atoms in total. The minimum atomic E-state index is -3.80. The smallest absolute Gasteiger partial charge is 0.262 e. The average Bonchev–Trinajstić information content (AvgIpc) is 1.73. The van der Waals surface area contributed by atoms with E-state index in [1.165, 1.54) is 15.7 Å². The third kappa shape index (κ3) is 17.8. The van der Waals surface area contributed by atoms with E-state index in [9.17, 15) is 64.8 Å². The van der Waals surface area contributed by atoms with E-state index < -0.39 is 73.5 Å². The number of amides is 8. The summed E-state index contributed by atoms with van der Waals surface area (Å²) in [6, 6.07) is 44.9. The van der Waals surface area contributed by atoms with Crippen molar-refractivity contribution in [1.82, 2.24) is 58.6 Å². The predicted octanol–water partition coefficient (Wildman–Crippen LogP) is 12.1. The number of piperidine rings is 2. The molecule has 2 fully saturated rings. The molecule has 2 saturated heterocycles. The molecule has 8 heterocycles. The molecular weight excluding hydrogens is 1710 g/mol. The summed E-state index contributed by atoms with van der Waals surface area (Å²) < 4.78 is 84.6. The second-order valence-corrected chi connectivity index (χ2v) is 37.5. The molecule has 6 aliphatic rings. The lowest BCUT2D eigenvalue weighted by Gasteiger charge is -2.37. The Bertz CT molecular complexity index is 6930. The lowest BCUT2D eigenvalue weighted by Crippen LogP contribution is -2.57.